The van der Waals surface area contributed by atoms with Crippen LogP contribution in [-0.4, -0.2) is 24.1 Å². The highest BCUT2D eigenvalue weighted by Gasteiger charge is 2.11. The Labute approximate surface area is 112 Å². The molecule has 2 heteroatoms. The van der Waals surface area contributed by atoms with Crippen LogP contribution in [0.25, 0.3) is 0 Å². The predicted molar refractivity (Wildman–Crippen MR) is 78.0 cm³/mol. The molecule has 102 valence electrons. The van der Waals surface area contributed by atoms with E-state index in [1.165, 1.54) is 5.56 Å². The quantitative estimate of drug-likeness (QED) is 0.832. The summed E-state index contributed by atoms with van der Waals surface area (Å²) in [5.41, 5.74) is 3.49. The molecule has 0 amide bonds. The molecule has 0 aromatic heterocycles. The molecule has 1 unspecified atom stereocenters. The van der Waals surface area contributed by atoms with Gasteiger partial charge in [0, 0.05) is 6.54 Å². The normalized spacial score (nSPS) is 13.0. The topological polar surface area (TPSA) is 23.5 Å². The minimum Gasteiger partial charge on any atom is -0.507 e. The number of benzene rings is 1. The summed E-state index contributed by atoms with van der Waals surface area (Å²) in [4.78, 5) is 2.17. The van der Waals surface area contributed by atoms with Gasteiger partial charge in [-0.1, -0.05) is 39.3 Å². The van der Waals surface area contributed by atoms with Crippen molar-refractivity contribution in [3.8, 4) is 5.75 Å². The van der Waals surface area contributed by atoms with Crippen molar-refractivity contribution >= 4 is 0 Å². The lowest BCUT2D eigenvalue weighted by molar-refractivity contribution is 0.400. The highest BCUT2D eigenvalue weighted by Crippen LogP contribution is 2.28. The summed E-state index contributed by atoms with van der Waals surface area (Å²) in [6.45, 7) is 7.47. The Morgan fingerprint density at radius 2 is 1.78 bits per heavy atom. The van der Waals surface area contributed by atoms with Gasteiger partial charge >= 0.3 is 0 Å². The third-order valence-electron chi connectivity index (χ3n) is 3.47. The molecule has 0 aliphatic heterocycles. The lowest BCUT2D eigenvalue weighted by Crippen LogP contribution is -2.11. The number of rotatable bonds is 6. The van der Waals surface area contributed by atoms with Crippen LogP contribution >= 0.6 is 0 Å². The first kappa shape index (κ1) is 15.0. The largest absolute Gasteiger partial charge is 0.507 e. The summed E-state index contributed by atoms with van der Waals surface area (Å²) in [6.07, 6.45) is 3.01. The zero-order valence-electron chi connectivity index (χ0n) is 12.5. The van der Waals surface area contributed by atoms with Crippen LogP contribution in [0.5, 0.6) is 5.75 Å². The Bertz CT molecular complexity index is 385. The van der Waals surface area contributed by atoms with Crippen LogP contribution in [0.3, 0.4) is 0 Å². The molecule has 1 rings (SSSR count). The molecule has 0 heterocycles. The third kappa shape index (κ3) is 4.02. The van der Waals surface area contributed by atoms with Crippen molar-refractivity contribution in [1.82, 2.24) is 4.90 Å². The fourth-order valence-electron chi connectivity index (χ4n) is 2.23. The first-order valence-electron chi connectivity index (χ1n) is 6.96. The Kier molecular flexibility index (Phi) is 5.67. The zero-order chi connectivity index (χ0) is 13.7. The van der Waals surface area contributed by atoms with Crippen molar-refractivity contribution in [2.24, 2.45) is 5.92 Å². The molecule has 0 saturated carbocycles. The number of aryl methyl sites for hydroxylation is 1. The molecule has 0 bridgehead atoms. The Morgan fingerprint density at radius 3 is 2.28 bits per heavy atom. The van der Waals surface area contributed by atoms with Crippen molar-refractivity contribution in [1.29, 1.82) is 0 Å². The van der Waals surface area contributed by atoms with Crippen LogP contribution in [0.15, 0.2) is 12.1 Å². The predicted octanol–water partition coefficient (Wildman–Crippen LogP) is 3.60. The zero-order valence-corrected chi connectivity index (χ0v) is 12.5. The van der Waals surface area contributed by atoms with Gasteiger partial charge < -0.3 is 10.0 Å². The average Bonchev–Trinajstić information content (AvgIpc) is 2.32. The van der Waals surface area contributed by atoms with E-state index in [-0.39, 0.29) is 0 Å². The van der Waals surface area contributed by atoms with E-state index < -0.39 is 0 Å². The molecule has 0 spiro atoms. The maximum absolute atomic E-state index is 10.3. The third-order valence-corrected chi connectivity index (χ3v) is 3.47. The molecule has 0 fully saturated rings. The van der Waals surface area contributed by atoms with Crippen LogP contribution in [0.2, 0.25) is 0 Å². The molecular weight excluding hydrogens is 222 g/mol. The average molecular weight is 249 g/mol. The molecule has 1 atom stereocenters. The summed E-state index contributed by atoms with van der Waals surface area (Å²) < 4.78 is 0. The minimum absolute atomic E-state index is 0.514. The van der Waals surface area contributed by atoms with Gasteiger partial charge in [0.15, 0.2) is 0 Å². The Hall–Kier alpha value is -1.02. The van der Waals surface area contributed by atoms with E-state index in [2.05, 4.69) is 51.9 Å². The molecule has 0 radical (unpaired) electrons. The molecule has 0 aliphatic carbocycles. The van der Waals surface area contributed by atoms with Gasteiger partial charge in [-0.25, -0.2) is 0 Å². The lowest BCUT2D eigenvalue weighted by Gasteiger charge is -2.17. The monoisotopic (exact) mass is 249 g/mol. The first-order chi connectivity index (χ1) is 8.47. The van der Waals surface area contributed by atoms with Crippen LogP contribution in [-0.2, 0) is 19.4 Å². The molecule has 1 aromatic carbocycles. The Morgan fingerprint density at radius 1 is 1.17 bits per heavy atom. The fraction of sp³-hybridized carbons (Fsp3) is 0.625. The Balaban J connectivity index is 3.06. The second-order valence-electron chi connectivity index (χ2n) is 5.57. The van der Waals surface area contributed by atoms with Gasteiger partial charge in [-0.3, -0.25) is 0 Å². The smallest absolute Gasteiger partial charge is 0.121 e. The van der Waals surface area contributed by atoms with Crippen LogP contribution < -0.4 is 0 Å². The standard InChI is InChI=1S/C16H27NO/c1-6-12(3)8-15-10-13(11-17(4)5)9-14(7-2)16(15)18/h9-10,12,18H,6-8,11H2,1-5H3. The highest BCUT2D eigenvalue weighted by molar-refractivity contribution is 5.44. The number of phenols is 1. The van der Waals surface area contributed by atoms with Crippen molar-refractivity contribution in [3.05, 3.63) is 28.8 Å². The lowest BCUT2D eigenvalue weighted by atomic mass is 9.94. The van der Waals surface area contributed by atoms with Gasteiger partial charge in [0.05, 0.1) is 0 Å². The summed E-state index contributed by atoms with van der Waals surface area (Å²) in [5.74, 6) is 1.13. The SMILES string of the molecule is CCc1cc(CN(C)C)cc(CC(C)CC)c1O. The van der Waals surface area contributed by atoms with E-state index in [1.54, 1.807) is 0 Å². The van der Waals surface area contributed by atoms with E-state index in [1.807, 2.05) is 0 Å². The molecular formula is C16H27NO. The second kappa shape index (κ2) is 6.79. The number of hydrogen-bond donors (Lipinski definition) is 1. The van der Waals surface area contributed by atoms with Crippen molar-refractivity contribution in [2.45, 2.75) is 46.6 Å². The first-order valence-corrected chi connectivity index (χ1v) is 6.96. The van der Waals surface area contributed by atoms with Gasteiger partial charge in [-0.2, -0.15) is 0 Å². The molecule has 1 N–H and O–H groups in total. The van der Waals surface area contributed by atoms with Crippen molar-refractivity contribution in [3.63, 3.8) is 0 Å². The van der Waals surface area contributed by atoms with Crippen molar-refractivity contribution in [2.75, 3.05) is 14.1 Å². The van der Waals surface area contributed by atoms with E-state index in [4.69, 9.17) is 0 Å². The number of hydrogen-bond acceptors (Lipinski definition) is 2. The van der Waals surface area contributed by atoms with Crippen LogP contribution in [0, 0.1) is 5.92 Å². The molecule has 18 heavy (non-hydrogen) atoms. The van der Waals surface area contributed by atoms with Crippen LogP contribution in [0.1, 0.15) is 43.9 Å². The molecule has 1 aromatic rings. The molecule has 0 aliphatic rings. The van der Waals surface area contributed by atoms with Crippen LogP contribution in [0.4, 0.5) is 0 Å². The van der Waals surface area contributed by atoms with Gasteiger partial charge in [0.25, 0.3) is 0 Å². The van der Waals surface area contributed by atoms with E-state index >= 15 is 0 Å². The number of phenolic OH excluding ortho intramolecular Hbond substituents is 1. The maximum Gasteiger partial charge on any atom is 0.121 e. The summed E-state index contributed by atoms with van der Waals surface area (Å²) in [7, 11) is 4.15. The van der Waals surface area contributed by atoms with Crippen molar-refractivity contribution < 1.29 is 5.11 Å². The van der Waals surface area contributed by atoms with Gasteiger partial charge in [0.1, 0.15) is 5.75 Å². The fourth-order valence-corrected chi connectivity index (χ4v) is 2.23. The number of nitrogens with zero attached hydrogens (tertiary/aromatic N) is 1. The van der Waals surface area contributed by atoms with E-state index in [9.17, 15) is 5.11 Å². The van der Waals surface area contributed by atoms with E-state index in [0.717, 1.165) is 36.9 Å². The summed E-state index contributed by atoms with van der Waals surface area (Å²) in [5, 5.41) is 10.3. The van der Waals surface area contributed by atoms with Gasteiger partial charge in [-0.15, -0.1) is 0 Å². The molecule has 2 nitrogen and oxygen atoms in total. The number of aromatic hydroxyl groups is 1. The van der Waals surface area contributed by atoms with E-state index in [0.29, 0.717) is 11.7 Å². The molecule has 0 saturated heterocycles. The second-order valence-corrected chi connectivity index (χ2v) is 5.57. The highest BCUT2D eigenvalue weighted by atomic mass is 16.3. The van der Waals surface area contributed by atoms with Gasteiger partial charge in [0.2, 0.25) is 0 Å². The summed E-state index contributed by atoms with van der Waals surface area (Å²) >= 11 is 0. The summed E-state index contributed by atoms with van der Waals surface area (Å²) in [6, 6.07) is 4.30. The maximum atomic E-state index is 10.3. The van der Waals surface area contributed by atoms with Gasteiger partial charge in [-0.05, 0) is 49.5 Å². The minimum atomic E-state index is 0.514.